The lowest BCUT2D eigenvalue weighted by molar-refractivity contribution is 0.173. The van der Waals surface area contributed by atoms with Gasteiger partial charge in [-0.1, -0.05) is 61.8 Å². The highest BCUT2D eigenvalue weighted by atomic mass is 14.6. The second-order valence-corrected chi connectivity index (χ2v) is 8.88. The van der Waals surface area contributed by atoms with E-state index in [2.05, 4.69) is 55.4 Å². The van der Waals surface area contributed by atoms with Gasteiger partial charge in [0.2, 0.25) is 0 Å². The molecule has 0 bridgehead atoms. The van der Waals surface area contributed by atoms with Crippen LogP contribution in [0, 0.1) is 46.3 Å². The van der Waals surface area contributed by atoms with Gasteiger partial charge in [0.25, 0.3) is 0 Å². The molecule has 0 amide bonds. The summed E-state index contributed by atoms with van der Waals surface area (Å²) in [6.45, 7) is 19.9. The molecular weight excluding hydrogens is 228 g/mol. The summed E-state index contributed by atoms with van der Waals surface area (Å²) in [7, 11) is 0. The van der Waals surface area contributed by atoms with E-state index < -0.39 is 0 Å². The normalized spacial score (nSPS) is 45.8. The Hall–Kier alpha value is 0. The molecule has 5 unspecified atom stereocenters. The number of hydrogen-bond donors (Lipinski definition) is 0. The Morgan fingerprint density at radius 3 is 2.00 bits per heavy atom. The van der Waals surface area contributed by atoms with E-state index >= 15 is 0 Å². The second-order valence-electron chi connectivity index (χ2n) is 8.88. The zero-order chi connectivity index (χ0) is 14.6. The molecular formula is C19H35. The highest BCUT2D eigenvalue weighted by Gasteiger charge is 2.56. The Morgan fingerprint density at radius 2 is 1.63 bits per heavy atom. The summed E-state index contributed by atoms with van der Waals surface area (Å²) < 4.78 is 0. The molecule has 0 aromatic carbocycles. The first-order chi connectivity index (χ1) is 8.63. The van der Waals surface area contributed by atoms with Crippen LogP contribution < -0.4 is 0 Å². The molecule has 2 aliphatic carbocycles. The minimum atomic E-state index is 0.435. The van der Waals surface area contributed by atoms with Crippen molar-refractivity contribution in [2.75, 3.05) is 0 Å². The lowest BCUT2D eigenvalue weighted by atomic mass is 9.67. The summed E-state index contributed by atoms with van der Waals surface area (Å²) in [5.74, 6) is 6.37. The van der Waals surface area contributed by atoms with Crippen molar-refractivity contribution in [3.63, 3.8) is 0 Å². The molecule has 0 heteroatoms. The second kappa shape index (κ2) is 4.78. The van der Waals surface area contributed by atoms with E-state index in [9.17, 15) is 0 Å². The Bertz CT molecular complexity index is 325. The lowest BCUT2D eigenvalue weighted by Crippen LogP contribution is -2.30. The van der Waals surface area contributed by atoms with Crippen molar-refractivity contribution in [2.45, 2.75) is 74.7 Å². The van der Waals surface area contributed by atoms with Gasteiger partial charge in [-0.2, -0.15) is 0 Å². The molecule has 1 radical (unpaired) electrons. The predicted octanol–water partition coefficient (Wildman–Crippen LogP) is 5.97. The SMILES string of the molecule is CCC1C(C)CC([C]2CC(C)(C)C(C)C2(C)C)C1C. The van der Waals surface area contributed by atoms with Gasteiger partial charge in [-0.25, -0.2) is 0 Å². The summed E-state index contributed by atoms with van der Waals surface area (Å²) in [5, 5.41) is 0. The first kappa shape index (κ1) is 15.4. The molecule has 111 valence electrons. The molecule has 0 N–H and O–H groups in total. The van der Waals surface area contributed by atoms with Crippen molar-refractivity contribution in [3.05, 3.63) is 5.92 Å². The van der Waals surface area contributed by atoms with Crippen molar-refractivity contribution in [2.24, 2.45) is 40.4 Å². The van der Waals surface area contributed by atoms with Crippen LogP contribution in [-0.2, 0) is 0 Å². The summed E-state index contributed by atoms with van der Waals surface area (Å²) in [6.07, 6.45) is 4.17. The van der Waals surface area contributed by atoms with Crippen LogP contribution in [0.15, 0.2) is 0 Å². The molecule has 0 spiro atoms. The van der Waals surface area contributed by atoms with E-state index in [0.29, 0.717) is 10.8 Å². The third-order valence-electron chi connectivity index (χ3n) is 7.31. The average molecular weight is 263 g/mol. The fraction of sp³-hybridized carbons (Fsp3) is 0.947. The summed E-state index contributed by atoms with van der Waals surface area (Å²) in [6, 6.07) is 0. The van der Waals surface area contributed by atoms with Crippen LogP contribution in [0.5, 0.6) is 0 Å². The van der Waals surface area contributed by atoms with Crippen molar-refractivity contribution in [1.29, 1.82) is 0 Å². The minimum Gasteiger partial charge on any atom is -0.0651 e. The monoisotopic (exact) mass is 263 g/mol. The maximum Gasteiger partial charge on any atom is -0.0143 e. The lowest BCUT2D eigenvalue weighted by Gasteiger charge is -2.38. The van der Waals surface area contributed by atoms with Crippen LogP contribution in [-0.4, -0.2) is 0 Å². The third-order valence-corrected chi connectivity index (χ3v) is 7.31. The standard InChI is InChI=1S/C19H35/c1-9-15-12(2)10-16(13(15)3)17-11-18(5,6)14(4)19(17,7)8/h12-16H,9-11H2,1-8H3. The summed E-state index contributed by atoms with van der Waals surface area (Å²) >= 11 is 0. The average Bonchev–Trinajstić information content (AvgIpc) is 2.67. The smallest absolute Gasteiger partial charge is 0.0143 e. The van der Waals surface area contributed by atoms with E-state index in [1.54, 1.807) is 0 Å². The molecule has 0 nitrogen and oxygen atoms in total. The third kappa shape index (κ3) is 2.28. The number of hydrogen-bond acceptors (Lipinski definition) is 0. The van der Waals surface area contributed by atoms with E-state index in [4.69, 9.17) is 0 Å². The maximum absolute atomic E-state index is 2.53. The van der Waals surface area contributed by atoms with Gasteiger partial charge in [0, 0.05) is 0 Å². The van der Waals surface area contributed by atoms with Gasteiger partial charge in [0.15, 0.2) is 0 Å². The zero-order valence-corrected chi connectivity index (χ0v) is 14.5. The molecule has 0 aromatic heterocycles. The van der Waals surface area contributed by atoms with Crippen molar-refractivity contribution in [1.82, 2.24) is 0 Å². The highest BCUT2D eigenvalue weighted by Crippen LogP contribution is 2.64. The summed E-state index contributed by atoms with van der Waals surface area (Å²) in [5.41, 5.74) is 0.927. The van der Waals surface area contributed by atoms with Gasteiger partial charge in [-0.15, -0.1) is 0 Å². The fourth-order valence-corrected chi connectivity index (χ4v) is 5.58. The van der Waals surface area contributed by atoms with E-state index in [1.807, 2.05) is 5.92 Å². The first-order valence-electron chi connectivity index (χ1n) is 8.49. The van der Waals surface area contributed by atoms with Crippen LogP contribution in [0.3, 0.4) is 0 Å². The van der Waals surface area contributed by atoms with Gasteiger partial charge in [-0.3, -0.25) is 0 Å². The van der Waals surface area contributed by atoms with Gasteiger partial charge < -0.3 is 0 Å². The Morgan fingerprint density at radius 1 is 1.05 bits per heavy atom. The minimum absolute atomic E-state index is 0.435. The van der Waals surface area contributed by atoms with Crippen LogP contribution in [0.1, 0.15) is 74.7 Å². The van der Waals surface area contributed by atoms with Gasteiger partial charge in [0.05, 0.1) is 0 Å². The topological polar surface area (TPSA) is 0 Å². The number of rotatable bonds is 2. The fourth-order valence-electron chi connectivity index (χ4n) is 5.58. The van der Waals surface area contributed by atoms with Crippen LogP contribution in [0.4, 0.5) is 0 Å². The van der Waals surface area contributed by atoms with Crippen LogP contribution in [0.2, 0.25) is 0 Å². The quantitative estimate of drug-likeness (QED) is 0.575. The molecule has 0 heterocycles. The van der Waals surface area contributed by atoms with Crippen molar-refractivity contribution in [3.8, 4) is 0 Å². The molecule has 2 aliphatic rings. The molecule has 2 saturated carbocycles. The van der Waals surface area contributed by atoms with E-state index in [0.717, 1.165) is 29.6 Å². The van der Waals surface area contributed by atoms with Crippen molar-refractivity contribution >= 4 is 0 Å². The first-order valence-corrected chi connectivity index (χ1v) is 8.49. The Kier molecular flexibility index (Phi) is 3.87. The molecule has 0 aromatic rings. The predicted molar refractivity (Wildman–Crippen MR) is 84.8 cm³/mol. The van der Waals surface area contributed by atoms with Gasteiger partial charge in [0.1, 0.15) is 0 Å². The largest absolute Gasteiger partial charge is 0.0651 e. The molecule has 0 saturated heterocycles. The highest BCUT2D eigenvalue weighted by molar-refractivity contribution is 5.21. The summed E-state index contributed by atoms with van der Waals surface area (Å²) in [4.78, 5) is 0. The molecule has 19 heavy (non-hydrogen) atoms. The van der Waals surface area contributed by atoms with Crippen LogP contribution >= 0.6 is 0 Å². The molecule has 2 rings (SSSR count). The van der Waals surface area contributed by atoms with Gasteiger partial charge >= 0.3 is 0 Å². The molecule has 0 aliphatic heterocycles. The Balaban J connectivity index is 2.24. The zero-order valence-electron chi connectivity index (χ0n) is 14.5. The molecule has 2 fully saturated rings. The van der Waals surface area contributed by atoms with E-state index in [-0.39, 0.29) is 0 Å². The van der Waals surface area contributed by atoms with Crippen LogP contribution in [0.25, 0.3) is 0 Å². The maximum atomic E-state index is 2.53. The Labute approximate surface area is 121 Å². The van der Waals surface area contributed by atoms with E-state index in [1.165, 1.54) is 19.3 Å². The van der Waals surface area contributed by atoms with Crippen molar-refractivity contribution < 1.29 is 0 Å². The molecule has 5 atom stereocenters. The van der Waals surface area contributed by atoms with Gasteiger partial charge in [-0.05, 0) is 59.2 Å².